The summed E-state index contributed by atoms with van der Waals surface area (Å²) in [7, 11) is 1.84. The highest BCUT2D eigenvalue weighted by molar-refractivity contribution is 14.1. The standard InChI is InChI=1S/C20H17IN8OS/c1-28-16-13(17-19(28)27-15(31-17)6-10(23)4-5-22)7-25-29(20(16)30)9-11-2-3-12-14(21)8-24-18(12)26-11/h2-5,7-8,22H,6,9,23H2,1H3,(H,24,26). The van der Waals surface area contributed by atoms with Crippen molar-refractivity contribution in [1.29, 1.82) is 5.41 Å². The van der Waals surface area contributed by atoms with Crippen molar-refractivity contribution in [2.45, 2.75) is 13.0 Å². The number of aromatic nitrogens is 6. The molecule has 0 aromatic carbocycles. The minimum atomic E-state index is -0.182. The second kappa shape index (κ2) is 7.57. The van der Waals surface area contributed by atoms with Crippen LogP contribution in [-0.2, 0) is 20.0 Å². The second-order valence-electron chi connectivity index (χ2n) is 7.11. The van der Waals surface area contributed by atoms with Gasteiger partial charge in [-0.15, -0.1) is 11.3 Å². The lowest BCUT2D eigenvalue weighted by Gasteiger charge is -2.05. The first-order chi connectivity index (χ1) is 15.0. The Morgan fingerprint density at radius 2 is 2.19 bits per heavy atom. The number of aromatic amines is 1. The fraction of sp³-hybridized carbons (Fsp3) is 0.150. The van der Waals surface area contributed by atoms with Crippen LogP contribution in [0.2, 0.25) is 0 Å². The van der Waals surface area contributed by atoms with Crippen LogP contribution < -0.4 is 11.3 Å². The predicted octanol–water partition coefficient (Wildman–Crippen LogP) is 2.91. The Hall–Kier alpha value is -3.06. The molecule has 0 aliphatic heterocycles. The van der Waals surface area contributed by atoms with Crippen molar-refractivity contribution in [3.05, 3.63) is 60.9 Å². The molecule has 156 valence electrons. The smallest absolute Gasteiger partial charge is 0.291 e. The third-order valence-electron chi connectivity index (χ3n) is 5.08. The number of halogens is 1. The largest absolute Gasteiger partial charge is 0.402 e. The first-order valence-corrected chi connectivity index (χ1v) is 11.3. The first-order valence-electron chi connectivity index (χ1n) is 9.37. The molecule has 31 heavy (non-hydrogen) atoms. The summed E-state index contributed by atoms with van der Waals surface area (Å²) in [6.07, 6.45) is 6.79. The number of hydrogen-bond acceptors (Lipinski definition) is 7. The highest BCUT2D eigenvalue weighted by Gasteiger charge is 2.18. The van der Waals surface area contributed by atoms with Gasteiger partial charge in [-0.3, -0.25) is 4.79 Å². The van der Waals surface area contributed by atoms with E-state index >= 15 is 0 Å². The molecule has 0 unspecified atom stereocenters. The van der Waals surface area contributed by atoms with E-state index in [-0.39, 0.29) is 12.1 Å². The molecule has 5 aromatic heterocycles. The van der Waals surface area contributed by atoms with E-state index in [0.717, 1.165) is 47.3 Å². The van der Waals surface area contributed by atoms with Gasteiger partial charge >= 0.3 is 0 Å². The van der Waals surface area contributed by atoms with Crippen molar-refractivity contribution in [2.24, 2.45) is 12.8 Å². The maximum Gasteiger partial charge on any atom is 0.291 e. The summed E-state index contributed by atoms with van der Waals surface area (Å²) < 4.78 is 5.26. The molecule has 11 heteroatoms. The first kappa shape index (κ1) is 19.9. The van der Waals surface area contributed by atoms with Crippen LogP contribution in [-0.4, -0.2) is 35.5 Å². The molecule has 0 aliphatic rings. The number of thiazole rings is 1. The van der Waals surface area contributed by atoms with Gasteiger partial charge < -0.3 is 20.7 Å². The van der Waals surface area contributed by atoms with Crippen molar-refractivity contribution in [3.8, 4) is 0 Å². The van der Waals surface area contributed by atoms with Crippen LogP contribution >= 0.6 is 33.9 Å². The van der Waals surface area contributed by atoms with Crippen LogP contribution in [0.3, 0.4) is 0 Å². The van der Waals surface area contributed by atoms with Crippen LogP contribution in [0.4, 0.5) is 0 Å². The Balaban J connectivity index is 1.55. The van der Waals surface area contributed by atoms with E-state index in [4.69, 9.17) is 11.1 Å². The van der Waals surface area contributed by atoms with Crippen molar-refractivity contribution >= 4 is 72.4 Å². The number of pyridine rings is 1. The van der Waals surface area contributed by atoms with Crippen LogP contribution in [0.25, 0.3) is 32.3 Å². The molecule has 0 radical (unpaired) electrons. The van der Waals surface area contributed by atoms with Gasteiger partial charge in [0.25, 0.3) is 5.56 Å². The maximum atomic E-state index is 13.2. The van der Waals surface area contributed by atoms with E-state index in [2.05, 4.69) is 42.6 Å². The molecule has 0 amide bonds. The third-order valence-corrected chi connectivity index (χ3v) is 7.05. The molecule has 9 nitrogen and oxygen atoms in total. The Kier molecular flexibility index (Phi) is 4.85. The van der Waals surface area contributed by atoms with Gasteiger partial charge in [-0.2, -0.15) is 5.10 Å². The summed E-state index contributed by atoms with van der Waals surface area (Å²) in [6, 6.07) is 3.92. The summed E-state index contributed by atoms with van der Waals surface area (Å²) in [4.78, 5) is 25.6. The molecular formula is C20H17IN8OS. The minimum Gasteiger partial charge on any atom is -0.402 e. The number of rotatable bonds is 5. The number of hydrogen-bond donors (Lipinski definition) is 3. The fourth-order valence-corrected chi connectivity index (χ4v) is 5.35. The van der Waals surface area contributed by atoms with Crippen LogP contribution in [0.15, 0.2) is 41.1 Å². The molecule has 0 bridgehead atoms. The van der Waals surface area contributed by atoms with E-state index in [1.807, 2.05) is 29.9 Å². The topological polar surface area (TPSA) is 131 Å². The zero-order valence-corrected chi connectivity index (χ0v) is 19.4. The highest BCUT2D eigenvalue weighted by atomic mass is 127. The lowest BCUT2D eigenvalue weighted by atomic mass is 10.3. The van der Waals surface area contributed by atoms with E-state index in [1.165, 1.54) is 16.0 Å². The van der Waals surface area contributed by atoms with Gasteiger partial charge in [0.2, 0.25) is 0 Å². The van der Waals surface area contributed by atoms with Gasteiger partial charge in [0, 0.05) is 45.9 Å². The SMILES string of the molecule is Cn1c2nc(CC(N)=CC=N)sc2c2cnn(Cc3ccc4c(I)c[nH]c4n3)c(=O)c21. The van der Waals surface area contributed by atoms with Crippen molar-refractivity contribution in [3.63, 3.8) is 0 Å². The van der Waals surface area contributed by atoms with Crippen LogP contribution in [0.5, 0.6) is 0 Å². The number of nitrogens with two attached hydrogens (primary N) is 1. The van der Waals surface area contributed by atoms with Crippen molar-refractivity contribution < 1.29 is 0 Å². The molecular weight excluding hydrogens is 527 g/mol. The third kappa shape index (κ3) is 3.33. The average Bonchev–Trinajstić information content (AvgIpc) is 3.39. The average molecular weight is 544 g/mol. The van der Waals surface area contributed by atoms with Gasteiger partial charge in [0.05, 0.1) is 23.1 Å². The van der Waals surface area contributed by atoms with E-state index in [1.54, 1.807) is 12.3 Å². The Labute approximate surface area is 193 Å². The zero-order chi connectivity index (χ0) is 21.7. The number of nitrogens with one attached hydrogen (secondary N) is 2. The molecule has 0 saturated carbocycles. The number of nitrogens with zero attached hydrogens (tertiary/aromatic N) is 5. The Morgan fingerprint density at radius 1 is 1.35 bits per heavy atom. The fourth-order valence-electron chi connectivity index (χ4n) is 3.61. The lowest BCUT2D eigenvalue weighted by molar-refractivity contribution is 0.634. The van der Waals surface area contributed by atoms with Gasteiger partial charge in [-0.1, -0.05) is 0 Å². The molecule has 5 heterocycles. The molecule has 0 spiro atoms. The molecule has 0 aliphatic carbocycles. The normalized spacial score (nSPS) is 12.4. The second-order valence-corrected chi connectivity index (χ2v) is 9.36. The monoisotopic (exact) mass is 544 g/mol. The van der Waals surface area contributed by atoms with E-state index < -0.39 is 0 Å². The summed E-state index contributed by atoms with van der Waals surface area (Å²) in [6.45, 7) is 0.281. The molecule has 5 aromatic rings. The van der Waals surface area contributed by atoms with Crippen LogP contribution in [0.1, 0.15) is 10.7 Å². The molecule has 4 N–H and O–H groups in total. The lowest BCUT2D eigenvalue weighted by Crippen LogP contribution is -2.25. The van der Waals surface area contributed by atoms with E-state index in [9.17, 15) is 4.79 Å². The maximum absolute atomic E-state index is 13.2. The van der Waals surface area contributed by atoms with Crippen molar-refractivity contribution in [2.75, 3.05) is 0 Å². The molecule has 0 saturated heterocycles. The zero-order valence-electron chi connectivity index (χ0n) is 16.4. The summed E-state index contributed by atoms with van der Waals surface area (Å²) in [5, 5.41) is 14.2. The van der Waals surface area contributed by atoms with E-state index in [0.29, 0.717) is 17.6 Å². The number of H-pyrrole nitrogens is 1. The minimum absolute atomic E-state index is 0.182. The summed E-state index contributed by atoms with van der Waals surface area (Å²) in [5.74, 6) is 0. The molecule has 0 fully saturated rings. The quantitative estimate of drug-likeness (QED) is 0.231. The number of aryl methyl sites for hydroxylation is 1. The highest BCUT2D eigenvalue weighted by Crippen LogP contribution is 2.31. The molecule has 5 rings (SSSR count). The Morgan fingerprint density at radius 3 is 3.00 bits per heavy atom. The van der Waals surface area contributed by atoms with Crippen LogP contribution in [0, 0.1) is 8.98 Å². The van der Waals surface area contributed by atoms with Gasteiger partial charge in [0.15, 0.2) is 5.65 Å². The van der Waals surface area contributed by atoms with Crippen molar-refractivity contribution in [1.82, 2.24) is 29.3 Å². The Bertz CT molecular complexity index is 1570. The number of allylic oxidation sites excluding steroid dienone is 2. The number of fused-ring (bicyclic) bond motifs is 4. The van der Waals surface area contributed by atoms with Gasteiger partial charge in [-0.25, -0.2) is 14.6 Å². The predicted molar refractivity (Wildman–Crippen MR) is 131 cm³/mol. The summed E-state index contributed by atoms with van der Waals surface area (Å²) >= 11 is 3.75. The van der Waals surface area contributed by atoms with Gasteiger partial charge in [-0.05, 0) is 40.8 Å². The summed E-state index contributed by atoms with van der Waals surface area (Å²) in [5.41, 5.74) is 9.14. The van der Waals surface area contributed by atoms with Gasteiger partial charge in [0.1, 0.15) is 16.2 Å². The molecule has 0 atom stereocenters.